The minimum Gasteiger partial charge on any atom is -0.349 e. The summed E-state index contributed by atoms with van der Waals surface area (Å²) in [6.07, 6.45) is 6.57. The van der Waals surface area contributed by atoms with Crippen molar-refractivity contribution in [2.24, 2.45) is 5.92 Å². The van der Waals surface area contributed by atoms with E-state index in [1.54, 1.807) is 34.4 Å². The highest BCUT2D eigenvalue weighted by atomic mass is 35.5. The summed E-state index contributed by atoms with van der Waals surface area (Å²) in [6, 6.07) is 13.3. The number of hydrogen-bond acceptors (Lipinski definition) is 5. The number of carbonyl (C=O) groups excluding carboxylic acids is 1. The van der Waals surface area contributed by atoms with Crippen molar-refractivity contribution in [2.75, 3.05) is 0 Å². The Hall–Kier alpha value is -3.96. The molecular formula is C28H27ClN6O2. The molecule has 0 atom stereocenters. The van der Waals surface area contributed by atoms with Crippen molar-refractivity contribution < 1.29 is 4.79 Å². The van der Waals surface area contributed by atoms with Crippen molar-refractivity contribution in [3.8, 4) is 11.8 Å². The maximum atomic E-state index is 13.7. The van der Waals surface area contributed by atoms with Gasteiger partial charge in [0.1, 0.15) is 6.07 Å². The second-order valence-corrected chi connectivity index (χ2v) is 10.1. The maximum absolute atomic E-state index is 13.7. The van der Waals surface area contributed by atoms with Crippen LogP contribution in [0.1, 0.15) is 53.0 Å². The minimum absolute atomic E-state index is 0.0667. The highest BCUT2D eigenvalue weighted by molar-refractivity contribution is 6.30. The number of nitriles is 1. The average molecular weight is 515 g/mol. The molecule has 1 aliphatic rings. The van der Waals surface area contributed by atoms with Crippen LogP contribution in [0.2, 0.25) is 5.02 Å². The van der Waals surface area contributed by atoms with Crippen LogP contribution in [0.4, 0.5) is 0 Å². The number of rotatable bonds is 5. The molecule has 0 bridgehead atoms. The van der Waals surface area contributed by atoms with Crippen LogP contribution in [0.25, 0.3) is 16.7 Å². The van der Waals surface area contributed by atoms with Crippen LogP contribution in [-0.4, -0.2) is 31.1 Å². The molecule has 1 fully saturated rings. The van der Waals surface area contributed by atoms with E-state index in [-0.39, 0.29) is 17.6 Å². The first kappa shape index (κ1) is 24.7. The van der Waals surface area contributed by atoms with Gasteiger partial charge in [0.05, 0.1) is 44.8 Å². The number of carbonyl (C=O) groups is 1. The minimum atomic E-state index is -0.178. The van der Waals surface area contributed by atoms with Crippen molar-refractivity contribution in [3.63, 3.8) is 0 Å². The topological polar surface area (TPSA) is 106 Å². The van der Waals surface area contributed by atoms with E-state index < -0.39 is 0 Å². The molecule has 188 valence electrons. The van der Waals surface area contributed by atoms with Gasteiger partial charge < -0.3 is 5.32 Å². The molecule has 3 aromatic heterocycles. The van der Waals surface area contributed by atoms with Crippen LogP contribution in [0.3, 0.4) is 0 Å². The van der Waals surface area contributed by atoms with Gasteiger partial charge in [-0.25, -0.2) is 4.79 Å². The molecule has 0 spiro atoms. The molecule has 0 saturated heterocycles. The monoisotopic (exact) mass is 514 g/mol. The molecule has 5 rings (SSSR count). The molecule has 0 unspecified atom stereocenters. The largest absolute Gasteiger partial charge is 0.349 e. The number of para-hydroxylation sites is 2. The molecule has 1 aromatic carbocycles. The van der Waals surface area contributed by atoms with Gasteiger partial charge in [-0.15, -0.1) is 0 Å². The van der Waals surface area contributed by atoms with Gasteiger partial charge in [0, 0.05) is 24.5 Å². The number of aryl methyl sites for hydroxylation is 2. The van der Waals surface area contributed by atoms with Crippen LogP contribution in [0, 0.1) is 31.1 Å². The Morgan fingerprint density at radius 3 is 2.57 bits per heavy atom. The third-order valence-electron chi connectivity index (χ3n) is 7.14. The van der Waals surface area contributed by atoms with Crippen molar-refractivity contribution in [3.05, 3.63) is 86.8 Å². The first-order valence-corrected chi connectivity index (χ1v) is 12.7. The third kappa shape index (κ3) is 4.87. The van der Waals surface area contributed by atoms with Crippen molar-refractivity contribution in [1.82, 2.24) is 24.4 Å². The number of imidazole rings is 1. The molecule has 1 amide bonds. The number of nitrogens with zero attached hydrogens (tertiary/aromatic N) is 5. The number of halogens is 1. The van der Waals surface area contributed by atoms with Crippen molar-refractivity contribution in [2.45, 2.75) is 52.1 Å². The van der Waals surface area contributed by atoms with E-state index in [0.29, 0.717) is 40.0 Å². The summed E-state index contributed by atoms with van der Waals surface area (Å²) in [5.41, 5.74) is 4.18. The molecule has 0 radical (unpaired) electrons. The molecule has 9 heteroatoms. The van der Waals surface area contributed by atoms with Crippen molar-refractivity contribution >= 4 is 28.5 Å². The zero-order valence-electron chi connectivity index (χ0n) is 20.7. The normalized spacial score (nSPS) is 17.5. The van der Waals surface area contributed by atoms with E-state index >= 15 is 0 Å². The zero-order chi connectivity index (χ0) is 26.1. The first-order chi connectivity index (χ1) is 17.9. The number of benzene rings is 1. The van der Waals surface area contributed by atoms with E-state index in [9.17, 15) is 14.9 Å². The van der Waals surface area contributed by atoms with Crippen LogP contribution in [0.15, 0.2) is 53.6 Å². The Kier molecular flexibility index (Phi) is 6.81. The molecular weight excluding hydrogens is 488 g/mol. The fraction of sp³-hybridized carbons (Fsp3) is 0.321. The SMILES string of the molecule is Cc1cc(C#N)c(-n2c(=O)n(CC3CCC(NC(=O)c4cc(Cl)cnc4C)CC3)c3ccccc32)cn1. The number of nitrogens with one attached hydrogen (secondary N) is 1. The second kappa shape index (κ2) is 10.2. The number of amides is 1. The van der Waals surface area contributed by atoms with Gasteiger partial charge in [-0.2, -0.15) is 5.26 Å². The number of aromatic nitrogens is 4. The van der Waals surface area contributed by atoms with Gasteiger partial charge >= 0.3 is 5.69 Å². The molecule has 37 heavy (non-hydrogen) atoms. The smallest absolute Gasteiger partial charge is 0.333 e. The molecule has 1 saturated carbocycles. The fourth-order valence-corrected chi connectivity index (χ4v) is 5.34. The van der Waals surface area contributed by atoms with E-state index in [1.807, 2.05) is 31.2 Å². The molecule has 3 heterocycles. The summed E-state index contributed by atoms with van der Waals surface area (Å²) >= 11 is 6.03. The predicted molar refractivity (Wildman–Crippen MR) is 142 cm³/mol. The molecule has 8 nitrogen and oxygen atoms in total. The fourth-order valence-electron chi connectivity index (χ4n) is 5.19. The van der Waals surface area contributed by atoms with E-state index in [0.717, 1.165) is 42.4 Å². The van der Waals surface area contributed by atoms with Crippen LogP contribution in [-0.2, 0) is 6.54 Å². The van der Waals surface area contributed by atoms with Gasteiger partial charge in [-0.05, 0) is 69.7 Å². The summed E-state index contributed by atoms with van der Waals surface area (Å²) in [7, 11) is 0. The quantitative estimate of drug-likeness (QED) is 0.415. The zero-order valence-corrected chi connectivity index (χ0v) is 21.5. The summed E-state index contributed by atoms with van der Waals surface area (Å²) in [6.45, 7) is 4.19. The molecule has 1 aliphatic carbocycles. The van der Waals surface area contributed by atoms with E-state index in [2.05, 4.69) is 21.4 Å². The lowest BCUT2D eigenvalue weighted by atomic mass is 9.85. The van der Waals surface area contributed by atoms with E-state index in [1.165, 1.54) is 6.20 Å². The third-order valence-corrected chi connectivity index (χ3v) is 7.34. The number of pyridine rings is 2. The Balaban J connectivity index is 1.34. The van der Waals surface area contributed by atoms with Gasteiger partial charge in [0.2, 0.25) is 0 Å². The van der Waals surface area contributed by atoms with Crippen LogP contribution in [0.5, 0.6) is 0 Å². The Bertz CT molecular complexity index is 1590. The second-order valence-electron chi connectivity index (χ2n) is 9.65. The van der Waals surface area contributed by atoms with Crippen molar-refractivity contribution in [1.29, 1.82) is 5.26 Å². The highest BCUT2D eigenvalue weighted by Crippen LogP contribution is 2.28. The van der Waals surface area contributed by atoms with E-state index in [4.69, 9.17) is 11.6 Å². The summed E-state index contributed by atoms with van der Waals surface area (Å²) in [5.74, 6) is 0.140. The van der Waals surface area contributed by atoms with Crippen LogP contribution >= 0.6 is 11.6 Å². The lowest BCUT2D eigenvalue weighted by molar-refractivity contribution is 0.0919. The lowest BCUT2D eigenvalue weighted by Gasteiger charge is -2.29. The van der Waals surface area contributed by atoms with Gasteiger partial charge in [-0.3, -0.25) is 23.9 Å². The number of fused-ring (bicyclic) bond motifs is 1. The Labute approximate surface area is 219 Å². The summed E-state index contributed by atoms with van der Waals surface area (Å²) in [4.78, 5) is 34.9. The molecule has 4 aromatic rings. The predicted octanol–water partition coefficient (Wildman–Crippen LogP) is 4.71. The average Bonchev–Trinajstić information content (AvgIpc) is 3.17. The highest BCUT2D eigenvalue weighted by Gasteiger charge is 2.26. The van der Waals surface area contributed by atoms with Gasteiger partial charge in [0.25, 0.3) is 5.91 Å². The summed E-state index contributed by atoms with van der Waals surface area (Å²) < 4.78 is 3.40. The standard InChI is InChI=1S/C28H27ClN6O2/c1-17-11-20(13-30)26(15-31-17)35-25-6-4-3-5-24(25)34(28(35)37)16-19-7-9-22(10-8-19)33-27(36)23-12-21(29)14-32-18(23)2/h3-6,11-12,14-15,19,22H,7-10,16H2,1-2H3,(H,33,36). The number of hydrogen-bond donors (Lipinski definition) is 1. The molecule has 0 aliphatic heterocycles. The first-order valence-electron chi connectivity index (χ1n) is 12.4. The van der Waals surface area contributed by atoms with Gasteiger partial charge in [-0.1, -0.05) is 23.7 Å². The molecule has 1 N–H and O–H groups in total. The van der Waals surface area contributed by atoms with Crippen LogP contribution < -0.4 is 11.0 Å². The maximum Gasteiger partial charge on any atom is 0.333 e. The van der Waals surface area contributed by atoms with Gasteiger partial charge in [0.15, 0.2) is 0 Å². The Morgan fingerprint density at radius 2 is 1.84 bits per heavy atom. The lowest BCUT2D eigenvalue weighted by Crippen LogP contribution is -2.39. The summed E-state index contributed by atoms with van der Waals surface area (Å²) in [5, 5.41) is 13.2. The Morgan fingerprint density at radius 1 is 1.11 bits per heavy atom.